The Hall–Kier alpha value is -0.950. The lowest BCUT2D eigenvalue weighted by molar-refractivity contribution is 0.218. The molecule has 1 aromatic carbocycles. The van der Waals surface area contributed by atoms with Crippen molar-refractivity contribution < 1.29 is 9.84 Å². The molecule has 0 aliphatic rings. The second-order valence-corrected chi connectivity index (χ2v) is 4.27. The molecule has 0 saturated carbocycles. The van der Waals surface area contributed by atoms with E-state index in [9.17, 15) is 0 Å². The molecule has 0 unspecified atom stereocenters. The number of benzene rings is 1. The molecule has 0 amide bonds. The third kappa shape index (κ3) is 4.71. The van der Waals surface area contributed by atoms with E-state index in [0.29, 0.717) is 0 Å². The largest absolute Gasteiger partial charge is 0.384 e. The van der Waals surface area contributed by atoms with Gasteiger partial charge in [-0.2, -0.15) is 11.8 Å². The van der Waals surface area contributed by atoms with E-state index in [1.165, 1.54) is 5.56 Å². The zero-order valence-corrected chi connectivity index (χ0v) is 10.2. The molecule has 86 valence electrons. The summed E-state index contributed by atoms with van der Waals surface area (Å²) in [7, 11) is 1.71. The Balaban J connectivity index is 2.57. The van der Waals surface area contributed by atoms with Crippen molar-refractivity contribution in [3.63, 3.8) is 0 Å². The molecule has 0 aliphatic heterocycles. The molecule has 0 fully saturated rings. The molecule has 1 rings (SSSR count). The van der Waals surface area contributed by atoms with Gasteiger partial charge in [-0.05, 0) is 11.6 Å². The van der Waals surface area contributed by atoms with Gasteiger partial charge in [0.1, 0.15) is 6.61 Å². The fourth-order valence-corrected chi connectivity index (χ4v) is 2.13. The fourth-order valence-electron chi connectivity index (χ4n) is 1.23. The highest BCUT2D eigenvalue weighted by molar-refractivity contribution is 7.98. The van der Waals surface area contributed by atoms with Crippen molar-refractivity contribution in [2.75, 3.05) is 26.1 Å². The van der Waals surface area contributed by atoms with Crippen LogP contribution in [0.2, 0.25) is 0 Å². The summed E-state index contributed by atoms with van der Waals surface area (Å²) < 4.78 is 4.99. The summed E-state index contributed by atoms with van der Waals surface area (Å²) in [6, 6.07) is 8.02. The average molecular weight is 236 g/mol. The number of methoxy groups -OCH3 is 1. The van der Waals surface area contributed by atoms with Gasteiger partial charge in [-0.25, -0.2) is 0 Å². The Morgan fingerprint density at radius 3 is 2.94 bits per heavy atom. The van der Waals surface area contributed by atoms with Crippen LogP contribution in [0.1, 0.15) is 11.1 Å². The van der Waals surface area contributed by atoms with Gasteiger partial charge < -0.3 is 9.84 Å². The van der Waals surface area contributed by atoms with Crippen LogP contribution in [0.5, 0.6) is 0 Å². The van der Waals surface area contributed by atoms with Crippen molar-refractivity contribution in [2.24, 2.45) is 0 Å². The molecule has 0 saturated heterocycles. The Bertz CT molecular complexity index is 366. The summed E-state index contributed by atoms with van der Waals surface area (Å²) in [6.07, 6.45) is 0. The lowest BCUT2D eigenvalue weighted by Crippen LogP contribution is -1.93. The lowest BCUT2D eigenvalue weighted by Gasteiger charge is -2.04. The Labute approximate surface area is 101 Å². The second kappa shape index (κ2) is 8.23. The van der Waals surface area contributed by atoms with E-state index in [0.717, 1.165) is 23.7 Å². The first-order chi connectivity index (χ1) is 7.88. The number of ether oxygens (including phenoxy) is 1. The molecule has 0 spiro atoms. The maximum atomic E-state index is 8.67. The Morgan fingerprint density at radius 1 is 1.38 bits per heavy atom. The molecule has 0 heterocycles. The van der Waals surface area contributed by atoms with Crippen molar-refractivity contribution in [3.8, 4) is 11.8 Å². The number of thioether (sulfide) groups is 1. The minimum atomic E-state index is -0.0921. The highest BCUT2D eigenvalue weighted by atomic mass is 32.2. The summed E-state index contributed by atoms with van der Waals surface area (Å²) in [5, 5.41) is 8.67. The molecule has 0 bridgehead atoms. The van der Waals surface area contributed by atoms with Crippen LogP contribution in [0.4, 0.5) is 0 Å². The predicted octanol–water partition coefficient (Wildman–Crippen LogP) is 1.91. The molecule has 2 nitrogen and oxygen atoms in total. The molecule has 0 aromatic heterocycles. The molecule has 0 aliphatic carbocycles. The maximum absolute atomic E-state index is 8.67. The minimum absolute atomic E-state index is 0.0921. The Kier molecular flexibility index (Phi) is 6.75. The highest BCUT2D eigenvalue weighted by Gasteiger charge is 1.98. The SMILES string of the molecule is COCCSCc1ccccc1C#CCO. The highest BCUT2D eigenvalue weighted by Crippen LogP contribution is 2.15. The van der Waals surface area contributed by atoms with Gasteiger partial charge >= 0.3 is 0 Å². The predicted molar refractivity (Wildman–Crippen MR) is 68.4 cm³/mol. The van der Waals surface area contributed by atoms with Crippen molar-refractivity contribution in [1.82, 2.24) is 0 Å². The number of hydrogen-bond donors (Lipinski definition) is 1. The number of hydrogen-bond acceptors (Lipinski definition) is 3. The first kappa shape index (κ1) is 13.1. The van der Waals surface area contributed by atoms with Crippen LogP contribution in [0, 0.1) is 11.8 Å². The van der Waals surface area contributed by atoms with Crippen LogP contribution in [-0.4, -0.2) is 31.2 Å². The zero-order chi connectivity index (χ0) is 11.6. The van der Waals surface area contributed by atoms with Crippen LogP contribution >= 0.6 is 11.8 Å². The van der Waals surface area contributed by atoms with Gasteiger partial charge in [-0.15, -0.1) is 0 Å². The molecular formula is C13H16O2S. The van der Waals surface area contributed by atoms with Gasteiger partial charge in [-0.3, -0.25) is 0 Å². The van der Waals surface area contributed by atoms with E-state index < -0.39 is 0 Å². The molecule has 1 aromatic rings. The summed E-state index contributed by atoms with van der Waals surface area (Å²) in [6.45, 7) is 0.681. The minimum Gasteiger partial charge on any atom is -0.384 e. The van der Waals surface area contributed by atoms with Gasteiger partial charge in [0.05, 0.1) is 6.61 Å². The van der Waals surface area contributed by atoms with Crippen LogP contribution in [0.25, 0.3) is 0 Å². The fraction of sp³-hybridized carbons (Fsp3) is 0.385. The van der Waals surface area contributed by atoms with Gasteiger partial charge in [0, 0.05) is 24.2 Å². The molecule has 3 heteroatoms. The first-order valence-corrected chi connectivity index (χ1v) is 6.28. The number of aliphatic hydroxyl groups is 1. The number of rotatable bonds is 5. The van der Waals surface area contributed by atoms with Crippen LogP contribution in [0.3, 0.4) is 0 Å². The van der Waals surface area contributed by atoms with E-state index in [1.807, 2.05) is 30.0 Å². The molecule has 0 atom stereocenters. The van der Waals surface area contributed by atoms with Gasteiger partial charge in [0.15, 0.2) is 0 Å². The monoisotopic (exact) mass is 236 g/mol. The van der Waals surface area contributed by atoms with Crippen molar-refractivity contribution >= 4 is 11.8 Å². The molecule has 16 heavy (non-hydrogen) atoms. The molecule has 0 radical (unpaired) electrons. The summed E-state index contributed by atoms with van der Waals surface area (Å²) in [5.74, 6) is 7.55. The van der Waals surface area contributed by atoms with Gasteiger partial charge in [-0.1, -0.05) is 30.0 Å². The van der Waals surface area contributed by atoms with E-state index in [2.05, 4.69) is 17.9 Å². The van der Waals surface area contributed by atoms with E-state index in [4.69, 9.17) is 9.84 Å². The first-order valence-electron chi connectivity index (χ1n) is 5.12. The third-order valence-corrected chi connectivity index (χ3v) is 2.98. The molecular weight excluding hydrogens is 220 g/mol. The van der Waals surface area contributed by atoms with Crippen molar-refractivity contribution in [3.05, 3.63) is 35.4 Å². The second-order valence-electron chi connectivity index (χ2n) is 3.16. The van der Waals surface area contributed by atoms with Crippen molar-refractivity contribution in [2.45, 2.75) is 5.75 Å². The maximum Gasteiger partial charge on any atom is 0.104 e. The third-order valence-electron chi connectivity index (χ3n) is 2.01. The van der Waals surface area contributed by atoms with Crippen molar-refractivity contribution in [1.29, 1.82) is 0 Å². The smallest absolute Gasteiger partial charge is 0.104 e. The topological polar surface area (TPSA) is 29.5 Å². The van der Waals surface area contributed by atoms with E-state index >= 15 is 0 Å². The van der Waals surface area contributed by atoms with Gasteiger partial charge in [0.2, 0.25) is 0 Å². The normalized spacial score (nSPS) is 9.62. The van der Waals surface area contributed by atoms with Crippen LogP contribution in [-0.2, 0) is 10.5 Å². The van der Waals surface area contributed by atoms with Gasteiger partial charge in [0.25, 0.3) is 0 Å². The summed E-state index contributed by atoms with van der Waals surface area (Å²) >= 11 is 1.82. The average Bonchev–Trinajstić information content (AvgIpc) is 2.33. The summed E-state index contributed by atoms with van der Waals surface area (Å²) in [5.41, 5.74) is 2.21. The summed E-state index contributed by atoms with van der Waals surface area (Å²) in [4.78, 5) is 0. The molecule has 1 N–H and O–H groups in total. The van der Waals surface area contributed by atoms with Crippen LogP contribution < -0.4 is 0 Å². The van der Waals surface area contributed by atoms with Crippen LogP contribution in [0.15, 0.2) is 24.3 Å². The Morgan fingerprint density at radius 2 is 2.19 bits per heavy atom. The lowest BCUT2D eigenvalue weighted by atomic mass is 10.1. The zero-order valence-electron chi connectivity index (χ0n) is 9.40. The van der Waals surface area contributed by atoms with E-state index in [1.54, 1.807) is 7.11 Å². The van der Waals surface area contributed by atoms with E-state index in [-0.39, 0.29) is 6.61 Å². The number of aliphatic hydroxyl groups excluding tert-OH is 1. The standard InChI is InChI=1S/C13H16O2S/c1-15-9-10-16-11-13-6-3-2-5-12(13)7-4-8-14/h2-3,5-6,14H,8-11H2,1H3. The quantitative estimate of drug-likeness (QED) is 0.625.